The molecule has 3 nitrogen and oxygen atoms in total. The number of allylic oxidation sites excluding steroid dienone is 2. The number of para-hydroxylation sites is 1. The number of hydrogen-bond donors (Lipinski definition) is 1. The normalized spacial score (nSPS) is 11.3. The maximum absolute atomic E-state index is 11.5. The summed E-state index contributed by atoms with van der Waals surface area (Å²) in [6.07, 6.45) is 7.52. The molecule has 2 aromatic rings. The number of rotatable bonds is 4. The zero-order valence-electron chi connectivity index (χ0n) is 9.61. The van der Waals surface area contributed by atoms with Crippen molar-refractivity contribution in [3.8, 4) is 5.75 Å². The third-order valence-corrected chi connectivity index (χ3v) is 2.32. The summed E-state index contributed by atoms with van der Waals surface area (Å²) in [4.78, 5) is 11.5. The molecule has 90 valence electrons. The van der Waals surface area contributed by atoms with E-state index in [-0.39, 0.29) is 11.5 Å². The smallest absolute Gasteiger partial charge is 0.178 e. The van der Waals surface area contributed by atoms with Crippen molar-refractivity contribution in [1.82, 2.24) is 0 Å². The van der Waals surface area contributed by atoms with E-state index >= 15 is 0 Å². The number of furan rings is 1. The number of carbonyl (C=O) groups is 1. The number of hydrogen-bond acceptors (Lipinski definition) is 3. The minimum atomic E-state index is -0.172. The molecule has 0 aliphatic heterocycles. The van der Waals surface area contributed by atoms with E-state index in [1.54, 1.807) is 54.8 Å². The lowest BCUT2D eigenvalue weighted by Gasteiger charge is -1.95. The van der Waals surface area contributed by atoms with Gasteiger partial charge in [-0.25, -0.2) is 0 Å². The first-order valence-corrected chi connectivity index (χ1v) is 5.47. The van der Waals surface area contributed by atoms with Crippen LogP contribution in [0.1, 0.15) is 11.3 Å². The molecule has 1 aromatic heterocycles. The zero-order valence-corrected chi connectivity index (χ0v) is 9.61. The molecule has 0 aliphatic rings. The highest BCUT2D eigenvalue weighted by Gasteiger charge is 1.96. The quantitative estimate of drug-likeness (QED) is 0.834. The van der Waals surface area contributed by atoms with Crippen LogP contribution in [0, 0.1) is 0 Å². The van der Waals surface area contributed by atoms with Crippen LogP contribution in [0.3, 0.4) is 0 Å². The summed E-state index contributed by atoms with van der Waals surface area (Å²) in [6.45, 7) is 0. The molecular formula is C15H12O3. The Bertz CT molecular complexity index is 578. The fourth-order valence-electron chi connectivity index (χ4n) is 1.41. The Labute approximate surface area is 105 Å². The Morgan fingerprint density at radius 2 is 1.83 bits per heavy atom. The second kappa shape index (κ2) is 5.68. The van der Waals surface area contributed by atoms with Gasteiger partial charge in [-0.05, 0) is 42.5 Å². The Morgan fingerprint density at radius 1 is 1.06 bits per heavy atom. The van der Waals surface area contributed by atoms with Crippen molar-refractivity contribution in [3.05, 3.63) is 66.1 Å². The van der Waals surface area contributed by atoms with Gasteiger partial charge in [-0.1, -0.05) is 18.2 Å². The van der Waals surface area contributed by atoms with Crippen LogP contribution in [-0.4, -0.2) is 10.9 Å². The molecule has 0 atom stereocenters. The predicted molar refractivity (Wildman–Crippen MR) is 69.9 cm³/mol. The van der Waals surface area contributed by atoms with E-state index in [1.807, 2.05) is 0 Å². The van der Waals surface area contributed by atoms with Crippen LogP contribution in [-0.2, 0) is 4.79 Å². The number of phenolic OH excluding ortho intramolecular Hbond substituents is 1. The second-order valence-corrected chi connectivity index (χ2v) is 3.64. The SMILES string of the molecule is O=C(C=Cc1ccco1)C=Cc1ccccc1O. The maximum Gasteiger partial charge on any atom is 0.178 e. The van der Waals surface area contributed by atoms with Crippen LogP contribution in [0.15, 0.2) is 59.2 Å². The molecule has 3 heteroatoms. The monoisotopic (exact) mass is 240 g/mol. The lowest BCUT2D eigenvalue weighted by atomic mass is 10.1. The van der Waals surface area contributed by atoms with E-state index < -0.39 is 0 Å². The van der Waals surface area contributed by atoms with E-state index in [0.717, 1.165) is 0 Å². The van der Waals surface area contributed by atoms with Crippen LogP contribution < -0.4 is 0 Å². The van der Waals surface area contributed by atoms with Gasteiger partial charge in [0, 0.05) is 5.56 Å². The Morgan fingerprint density at radius 3 is 2.56 bits per heavy atom. The summed E-state index contributed by atoms with van der Waals surface area (Å²) < 4.78 is 5.06. The Balaban J connectivity index is 2.02. The maximum atomic E-state index is 11.5. The van der Waals surface area contributed by atoms with Gasteiger partial charge in [0.15, 0.2) is 5.78 Å². The van der Waals surface area contributed by atoms with Crippen LogP contribution in [0.2, 0.25) is 0 Å². The molecule has 0 radical (unpaired) electrons. The second-order valence-electron chi connectivity index (χ2n) is 3.64. The number of phenols is 1. The predicted octanol–water partition coefficient (Wildman–Crippen LogP) is 3.28. The minimum Gasteiger partial charge on any atom is -0.507 e. The van der Waals surface area contributed by atoms with E-state index in [2.05, 4.69) is 0 Å². The summed E-state index contributed by atoms with van der Waals surface area (Å²) in [5.74, 6) is 0.602. The highest BCUT2D eigenvalue weighted by Crippen LogP contribution is 2.16. The lowest BCUT2D eigenvalue weighted by molar-refractivity contribution is -0.110. The van der Waals surface area contributed by atoms with Crippen molar-refractivity contribution in [1.29, 1.82) is 0 Å². The van der Waals surface area contributed by atoms with Gasteiger partial charge in [-0.15, -0.1) is 0 Å². The van der Waals surface area contributed by atoms with Gasteiger partial charge >= 0.3 is 0 Å². The highest BCUT2D eigenvalue weighted by molar-refractivity contribution is 6.04. The van der Waals surface area contributed by atoms with Gasteiger partial charge in [0.2, 0.25) is 0 Å². The first kappa shape index (κ1) is 11.9. The molecule has 2 rings (SSSR count). The average molecular weight is 240 g/mol. The lowest BCUT2D eigenvalue weighted by Crippen LogP contribution is -1.84. The molecule has 0 saturated heterocycles. The molecule has 0 saturated carbocycles. The van der Waals surface area contributed by atoms with Gasteiger partial charge in [0.05, 0.1) is 6.26 Å². The molecule has 0 aliphatic carbocycles. The largest absolute Gasteiger partial charge is 0.507 e. The first-order chi connectivity index (χ1) is 8.75. The standard InChI is InChI=1S/C15H12O3/c16-13(9-10-14-5-3-11-18-14)8-7-12-4-1-2-6-15(12)17/h1-11,17H. The topological polar surface area (TPSA) is 50.4 Å². The van der Waals surface area contributed by atoms with Crippen molar-refractivity contribution in [3.63, 3.8) is 0 Å². The number of ketones is 1. The minimum absolute atomic E-state index is 0.150. The van der Waals surface area contributed by atoms with Crippen molar-refractivity contribution in [2.75, 3.05) is 0 Å². The third-order valence-electron chi connectivity index (χ3n) is 2.32. The fraction of sp³-hybridized carbons (Fsp3) is 0. The first-order valence-electron chi connectivity index (χ1n) is 5.47. The summed E-state index contributed by atoms with van der Waals surface area (Å²) in [5, 5.41) is 9.51. The summed E-state index contributed by atoms with van der Waals surface area (Å²) in [7, 11) is 0. The molecule has 1 aromatic carbocycles. The van der Waals surface area contributed by atoms with E-state index in [9.17, 15) is 9.90 Å². The van der Waals surface area contributed by atoms with Crippen molar-refractivity contribution < 1.29 is 14.3 Å². The van der Waals surface area contributed by atoms with Crippen LogP contribution in [0.5, 0.6) is 5.75 Å². The Kier molecular flexibility index (Phi) is 3.76. The zero-order chi connectivity index (χ0) is 12.8. The molecule has 1 heterocycles. The molecule has 0 amide bonds. The molecular weight excluding hydrogens is 228 g/mol. The van der Waals surface area contributed by atoms with E-state index in [1.165, 1.54) is 12.2 Å². The summed E-state index contributed by atoms with van der Waals surface area (Å²) in [6, 6.07) is 10.3. The van der Waals surface area contributed by atoms with Crippen LogP contribution in [0.4, 0.5) is 0 Å². The summed E-state index contributed by atoms with van der Waals surface area (Å²) in [5.41, 5.74) is 0.609. The van der Waals surface area contributed by atoms with Crippen molar-refractivity contribution in [2.45, 2.75) is 0 Å². The molecule has 0 unspecified atom stereocenters. The molecule has 0 bridgehead atoms. The van der Waals surface area contributed by atoms with Crippen LogP contribution >= 0.6 is 0 Å². The Hall–Kier alpha value is -2.55. The summed E-state index contributed by atoms with van der Waals surface area (Å²) >= 11 is 0. The molecule has 18 heavy (non-hydrogen) atoms. The molecule has 0 spiro atoms. The number of aromatic hydroxyl groups is 1. The van der Waals surface area contributed by atoms with Crippen molar-refractivity contribution in [2.24, 2.45) is 0 Å². The average Bonchev–Trinajstić information content (AvgIpc) is 2.88. The van der Waals surface area contributed by atoms with E-state index in [0.29, 0.717) is 11.3 Å². The van der Waals surface area contributed by atoms with Gasteiger partial charge in [-0.3, -0.25) is 4.79 Å². The third kappa shape index (κ3) is 3.22. The van der Waals surface area contributed by atoms with E-state index in [4.69, 9.17) is 4.42 Å². The van der Waals surface area contributed by atoms with Crippen LogP contribution in [0.25, 0.3) is 12.2 Å². The number of carbonyl (C=O) groups excluding carboxylic acids is 1. The van der Waals surface area contributed by atoms with Crippen molar-refractivity contribution >= 4 is 17.9 Å². The number of benzene rings is 1. The van der Waals surface area contributed by atoms with Gasteiger partial charge in [-0.2, -0.15) is 0 Å². The van der Waals surface area contributed by atoms with Gasteiger partial charge < -0.3 is 9.52 Å². The van der Waals surface area contributed by atoms with Gasteiger partial charge in [0.1, 0.15) is 11.5 Å². The molecule has 0 fully saturated rings. The fourth-order valence-corrected chi connectivity index (χ4v) is 1.41. The molecule has 1 N–H and O–H groups in total. The highest BCUT2D eigenvalue weighted by atomic mass is 16.3. The van der Waals surface area contributed by atoms with Gasteiger partial charge in [0.25, 0.3) is 0 Å².